The lowest BCUT2D eigenvalue weighted by molar-refractivity contribution is 0.418. The number of hydrogen-bond donors (Lipinski definition) is 2. The van der Waals surface area contributed by atoms with E-state index in [1.165, 1.54) is 5.69 Å². The van der Waals surface area contributed by atoms with Crippen LogP contribution in [0.5, 0.6) is 0 Å². The topological polar surface area (TPSA) is 40.7 Å². The molecule has 1 aromatic rings. The second-order valence-corrected chi connectivity index (χ2v) is 3.39. The highest BCUT2D eigenvalue weighted by Crippen LogP contribution is 2.08. The van der Waals surface area contributed by atoms with Gasteiger partial charge in [0.25, 0.3) is 0 Å². The highest BCUT2D eigenvalue weighted by atomic mass is 14.9. The molecule has 2 N–H and O–H groups in total. The van der Waals surface area contributed by atoms with E-state index in [2.05, 4.69) is 29.1 Å². The summed E-state index contributed by atoms with van der Waals surface area (Å²) in [5, 5.41) is 3.23. The lowest BCUT2D eigenvalue weighted by Gasteiger charge is -2.22. The van der Waals surface area contributed by atoms with Crippen molar-refractivity contribution >= 4 is 0 Å². The third-order valence-electron chi connectivity index (χ3n) is 1.86. The van der Waals surface area contributed by atoms with Crippen LogP contribution in [-0.2, 0) is 6.42 Å². The van der Waals surface area contributed by atoms with Crippen molar-refractivity contribution < 1.29 is 0 Å². The summed E-state index contributed by atoms with van der Waals surface area (Å²) in [6.45, 7) is 4.32. The van der Waals surface area contributed by atoms with Gasteiger partial charge in [0, 0.05) is 23.9 Å². The molecule has 1 rings (SSSR count). The van der Waals surface area contributed by atoms with Gasteiger partial charge in [-0.2, -0.15) is 0 Å². The largest absolute Gasteiger partial charge is 0.348 e. The Balaban J connectivity index is 2.56. The van der Waals surface area contributed by atoms with Crippen LogP contribution in [0.2, 0.25) is 0 Å². The third-order valence-corrected chi connectivity index (χ3v) is 1.86. The number of nitrogens with one attached hydrogen (secondary N) is 2. The van der Waals surface area contributed by atoms with Crippen molar-refractivity contribution in [2.24, 2.45) is 0 Å². The molecule has 0 saturated heterocycles. The van der Waals surface area contributed by atoms with Crippen LogP contribution < -0.4 is 5.32 Å². The van der Waals surface area contributed by atoms with Crippen LogP contribution in [0.15, 0.2) is 12.5 Å². The Bertz CT molecular complexity index is 201. The number of hydrogen-bond acceptors (Lipinski definition) is 2. The molecule has 0 unspecified atom stereocenters. The monoisotopic (exact) mass is 153 g/mol. The molecule has 0 spiro atoms. The Morgan fingerprint density at radius 3 is 2.82 bits per heavy atom. The van der Waals surface area contributed by atoms with Crippen LogP contribution in [0.4, 0.5) is 0 Å². The van der Waals surface area contributed by atoms with Crippen molar-refractivity contribution in [1.29, 1.82) is 0 Å². The van der Waals surface area contributed by atoms with Gasteiger partial charge in [-0.3, -0.25) is 0 Å². The number of likely N-dealkylation sites (N-methyl/N-ethyl adjacent to an activating group) is 1. The second-order valence-electron chi connectivity index (χ2n) is 3.39. The molecular weight excluding hydrogens is 138 g/mol. The highest BCUT2D eigenvalue weighted by Gasteiger charge is 2.15. The molecule has 1 aromatic heterocycles. The van der Waals surface area contributed by atoms with Crippen molar-refractivity contribution in [2.45, 2.75) is 25.8 Å². The standard InChI is InChI=1S/C8H15N3/c1-8(2,9-3)4-7-5-10-6-11-7/h5-6,9H,4H2,1-3H3,(H,10,11). The average molecular weight is 153 g/mol. The molecular formula is C8H15N3. The number of aromatic nitrogens is 2. The zero-order valence-electron chi connectivity index (χ0n) is 7.31. The normalized spacial score (nSPS) is 11.9. The molecule has 62 valence electrons. The molecule has 0 aliphatic rings. The van der Waals surface area contributed by atoms with E-state index in [1.54, 1.807) is 6.33 Å². The molecule has 0 atom stereocenters. The number of aromatic amines is 1. The van der Waals surface area contributed by atoms with E-state index in [0.29, 0.717) is 0 Å². The summed E-state index contributed by atoms with van der Waals surface area (Å²) in [5.41, 5.74) is 1.32. The molecule has 1 heterocycles. The Morgan fingerprint density at radius 2 is 2.36 bits per heavy atom. The number of imidazole rings is 1. The second kappa shape index (κ2) is 3.05. The summed E-state index contributed by atoms with van der Waals surface area (Å²) < 4.78 is 0. The number of nitrogens with zero attached hydrogens (tertiary/aromatic N) is 1. The van der Waals surface area contributed by atoms with Gasteiger partial charge in [0.1, 0.15) is 0 Å². The molecule has 0 bridgehead atoms. The first-order valence-electron chi connectivity index (χ1n) is 3.80. The van der Waals surface area contributed by atoms with Gasteiger partial charge in [0.05, 0.1) is 6.33 Å². The van der Waals surface area contributed by atoms with Crippen LogP contribution >= 0.6 is 0 Å². The van der Waals surface area contributed by atoms with Crippen molar-refractivity contribution in [3.8, 4) is 0 Å². The van der Waals surface area contributed by atoms with E-state index in [0.717, 1.165) is 6.42 Å². The van der Waals surface area contributed by atoms with E-state index >= 15 is 0 Å². The first-order chi connectivity index (χ1) is 5.14. The Kier molecular flexibility index (Phi) is 2.29. The predicted molar refractivity (Wildman–Crippen MR) is 45.4 cm³/mol. The fourth-order valence-corrected chi connectivity index (χ4v) is 0.946. The fraction of sp³-hybridized carbons (Fsp3) is 0.625. The summed E-state index contributed by atoms with van der Waals surface area (Å²) in [4.78, 5) is 7.03. The van der Waals surface area contributed by atoms with E-state index in [-0.39, 0.29) is 5.54 Å². The van der Waals surface area contributed by atoms with Crippen molar-refractivity contribution in [1.82, 2.24) is 15.3 Å². The van der Waals surface area contributed by atoms with Crippen molar-refractivity contribution in [3.63, 3.8) is 0 Å². The van der Waals surface area contributed by atoms with Crippen LogP contribution in [-0.4, -0.2) is 22.6 Å². The summed E-state index contributed by atoms with van der Waals surface area (Å²) in [5.74, 6) is 0. The Labute approximate surface area is 67.2 Å². The maximum Gasteiger partial charge on any atom is 0.0921 e. The van der Waals surface area contributed by atoms with Crippen LogP contribution in [0.3, 0.4) is 0 Å². The lowest BCUT2D eigenvalue weighted by atomic mass is 9.99. The highest BCUT2D eigenvalue weighted by molar-refractivity contribution is 5.00. The summed E-state index contributed by atoms with van der Waals surface area (Å²) in [6, 6.07) is 0. The maximum atomic E-state index is 3.96. The SMILES string of the molecule is CNC(C)(C)Cc1cnc[nH]1. The first-order valence-corrected chi connectivity index (χ1v) is 3.80. The summed E-state index contributed by atoms with van der Waals surface area (Å²) >= 11 is 0. The van der Waals surface area contributed by atoms with Gasteiger partial charge in [-0.05, 0) is 20.9 Å². The Hall–Kier alpha value is -0.830. The lowest BCUT2D eigenvalue weighted by Crippen LogP contribution is -2.38. The van der Waals surface area contributed by atoms with Gasteiger partial charge in [0.15, 0.2) is 0 Å². The molecule has 0 radical (unpaired) electrons. The molecule has 0 aliphatic carbocycles. The molecule has 0 aliphatic heterocycles. The van der Waals surface area contributed by atoms with E-state index in [1.807, 2.05) is 13.2 Å². The van der Waals surface area contributed by atoms with Gasteiger partial charge in [-0.25, -0.2) is 4.98 Å². The molecule has 3 nitrogen and oxygen atoms in total. The predicted octanol–water partition coefficient (Wildman–Crippen LogP) is 0.950. The van der Waals surface area contributed by atoms with E-state index in [4.69, 9.17) is 0 Å². The van der Waals surface area contributed by atoms with E-state index in [9.17, 15) is 0 Å². The van der Waals surface area contributed by atoms with Gasteiger partial charge < -0.3 is 10.3 Å². The van der Waals surface area contributed by atoms with Gasteiger partial charge in [-0.15, -0.1) is 0 Å². The maximum absolute atomic E-state index is 3.96. The van der Waals surface area contributed by atoms with Crippen molar-refractivity contribution in [3.05, 3.63) is 18.2 Å². The average Bonchev–Trinajstić information content (AvgIpc) is 2.39. The van der Waals surface area contributed by atoms with Gasteiger partial charge in [-0.1, -0.05) is 0 Å². The van der Waals surface area contributed by atoms with Crippen molar-refractivity contribution in [2.75, 3.05) is 7.05 Å². The smallest absolute Gasteiger partial charge is 0.0921 e. The van der Waals surface area contributed by atoms with Gasteiger partial charge >= 0.3 is 0 Å². The fourth-order valence-electron chi connectivity index (χ4n) is 0.946. The molecule has 0 aromatic carbocycles. The quantitative estimate of drug-likeness (QED) is 0.678. The molecule has 0 amide bonds. The Morgan fingerprint density at radius 1 is 1.64 bits per heavy atom. The molecule has 3 heteroatoms. The van der Waals surface area contributed by atoms with Crippen LogP contribution in [0.1, 0.15) is 19.5 Å². The van der Waals surface area contributed by atoms with Crippen LogP contribution in [0, 0.1) is 0 Å². The zero-order valence-corrected chi connectivity index (χ0v) is 7.31. The first kappa shape index (κ1) is 8.27. The number of rotatable bonds is 3. The molecule has 11 heavy (non-hydrogen) atoms. The minimum atomic E-state index is 0.145. The minimum Gasteiger partial charge on any atom is -0.348 e. The van der Waals surface area contributed by atoms with Crippen LogP contribution in [0.25, 0.3) is 0 Å². The number of H-pyrrole nitrogens is 1. The third kappa shape index (κ3) is 2.35. The van der Waals surface area contributed by atoms with Gasteiger partial charge in [0.2, 0.25) is 0 Å². The van der Waals surface area contributed by atoms with E-state index < -0.39 is 0 Å². The molecule has 0 fully saturated rings. The minimum absolute atomic E-state index is 0.145. The zero-order chi connectivity index (χ0) is 8.32. The summed E-state index contributed by atoms with van der Waals surface area (Å²) in [7, 11) is 1.97. The summed E-state index contributed by atoms with van der Waals surface area (Å²) in [6.07, 6.45) is 4.55. The molecule has 0 saturated carbocycles.